The molecule has 0 amide bonds. The molecule has 0 aliphatic rings. The van der Waals surface area contributed by atoms with Crippen LogP contribution in [-0.2, 0) is 9.22 Å². The molecule has 1 N–H and O–H groups in total. The highest BCUT2D eigenvalue weighted by Gasteiger charge is 2.37. The predicted molar refractivity (Wildman–Crippen MR) is 58.5 cm³/mol. The Hall–Kier alpha value is -0.793. The van der Waals surface area contributed by atoms with E-state index in [0.717, 1.165) is 0 Å². The molecule has 0 fully saturated rings. The minimum Gasteiger partial charge on any atom is -0.479 e. The standard InChI is InChI=1S/C10H18O3Si/c1-6-7-8-10(2,9(11)12)13-14(3,4)5/h8H2,1-5H3,(H,11,12). The summed E-state index contributed by atoms with van der Waals surface area (Å²) in [7, 11) is -1.85. The number of carboxylic acid groups (broad SMARTS) is 1. The van der Waals surface area contributed by atoms with E-state index >= 15 is 0 Å². The van der Waals surface area contributed by atoms with Crippen molar-refractivity contribution in [1.82, 2.24) is 0 Å². The summed E-state index contributed by atoms with van der Waals surface area (Å²) in [4.78, 5) is 11.0. The van der Waals surface area contributed by atoms with Crippen molar-refractivity contribution < 1.29 is 14.3 Å². The maximum absolute atomic E-state index is 11.0. The quantitative estimate of drug-likeness (QED) is 0.576. The smallest absolute Gasteiger partial charge is 0.335 e. The van der Waals surface area contributed by atoms with E-state index in [0.29, 0.717) is 0 Å². The first-order valence-corrected chi connectivity index (χ1v) is 7.95. The van der Waals surface area contributed by atoms with Crippen molar-refractivity contribution in [2.24, 2.45) is 0 Å². The molecule has 0 aromatic rings. The van der Waals surface area contributed by atoms with Gasteiger partial charge in [0.15, 0.2) is 13.9 Å². The van der Waals surface area contributed by atoms with Gasteiger partial charge in [0.1, 0.15) is 0 Å². The highest BCUT2D eigenvalue weighted by atomic mass is 28.4. The molecule has 0 aliphatic carbocycles. The van der Waals surface area contributed by atoms with Gasteiger partial charge in [-0.05, 0) is 33.5 Å². The molecule has 0 aliphatic heterocycles. The molecule has 1 atom stereocenters. The van der Waals surface area contributed by atoms with Gasteiger partial charge in [0.05, 0.1) is 0 Å². The predicted octanol–water partition coefficient (Wildman–Crippen LogP) is 2.09. The van der Waals surface area contributed by atoms with Gasteiger partial charge in [0.25, 0.3) is 0 Å². The Morgan fingerprint density at radius 1 is 1.50 bits per heavy atom. The van der Waals surface area contributed by atoms with Crippen molar-refractivity contribution in [3.05, 3.63) is 0 Å². The lowest BCUT2D eigenvalue weighted by Gasteiger charge is -2.31. The van der Waals surface area contributed by atoms with Crippen LogP contribution in [-0.4, -0.2) is 25.0 Å². The Morgan fingerprint density at radius 2 is 2.00 bits per heavy atom. The van der Waals surface area contributed by atoms with Crippen LogP contribution < -0.4 is 0 Å². The molecule has 0 rings (SSSR count). The van der Waals surface area contributed by atoms with Gasteiger partial charge in [-0.2, -0.15) is 0 Å². The fourth-order valence-corrected chi connectivity index (χ4v) is 2.60. The second-order valence-electron chi connectivity index (χ2n) is 4.35. The van der Waals surface area contributed by atoms with E-state index in [1.54, 1.807) is 13.8 Å². The van der Waals surface area contributed by atoms with E-state index in [1.165, 1.54) is 0 Å². The molecule has 0 heterocycles. The zero-order chi connectivity index (χ0) is 11.4. The van der Waals surface area contributed by atoms with Gasteiger partial charge in [-0.15, -0.1) is 11.8 Å². The van der Waals surface area contributed by atoms with Gasteiger partial charge < -0.3 is 9.53 Å². The average Bonchev–Trinajstić information content (AvgIpc) is 1.97. The highest BCUT2D eigenvalue weighted by molar-refractivity contribution is 6.70. The molecule has 0 radical (unpaired) electrons. The number of aliphatic carboxylic acids is 1. The molecule has 4 heteroatoms. The van der Waals surface area contributed by atoms with Crippen LogP contribution in [0.25, 0.3) is 0 Å². The first kappa shape index (κ1) is 13.2. The molecular weight excluding hydrogens is 196 g/mol. The normalized spacial score (nSPS) is 15.2. The summed E-state index contributed by atoms with van der Waals surface area (Å²) >= 11 is 0. The number of hydrogen-bond acceptors (Lipinski definition) is 2. The van der Waals surface area contributed by atoms with Crippen LogP contribution in [0.5, 0.6) is 0 Å². The van der Waals surface area contributed by atoms with Crippen molar-refractivity contribution in [3.8, 4) is 11.8 Å². The lowest BCUT2D eigenvalue weighted by Crippen LogP contribution is -2.46. The molecular formula is C10H18O3Si. The van der Waals surface area contributed by atoms with Gasteiger partial charge in [-0.25, -0.2) is 4.79 Å². The molecule has 0 aromatic carbocycles. The van der Waals surface area contributed by atoms with E-state index in [2.05, 4.69) is 11.8 Å². The average molecular weight is 214 g/mol. The monoisotopic (exact) mass is 214 g/mol. The van der Waals surface area contributed by atoms with Crippen LogP contribution >= 0.6 is 0 Å². The summed E-state index contributed by atoms with van der Waals surface area (Å²) < 4.78 is 5.63. The summed E-state index contributed by atoms with van der Waals surface area (Å²) in [6.07, 6.45) is 0.239. The van der Waals surface area contributed by atoms with Gasteiger partial charge in [-0.1, -0.05) is 0 Å². The zero-order valence-electron chi connectivity index (χ0n) is 9.47. The molecule has 0 bridgehead atoms. The van der Waals surface area contributed by atoms with Gasteiger partial charge in [0, 0.05) is 6.42 Å². The molecule has 0 saturated heterocycles. The van der Waals surface area contributed by atoms with Crippen LogP contribution in [0, 0.1) is 11.8 Å². The summed E-state index contributed by atoms with van der Waals surface area (Å²) in [5.74, 6) is 4.50. The Kier molecular flexibility index (Phi) is 4.36. The Balaban J connectivity index is 4.70. The first-order valence-electron chi connectivity index (χ1n) is 4.54. The van der Waals surface area contributed by atoms with Crippen LogP contribution in [0.1, 0.15) is 20.3 Å². The topological polar surface area (TPSA) is 46.5 Å². The fourth-order valence-electron chi connectivity index (χ4n) is 1.09. The number of rotatable bonds is 4. The van der Waals surface area contributed by atoms with E-state index in [1.807, 2.05) is 19.6 Å². The van der Waals surface area contributed by atoms with Crippen LogP contribution in [0.3, 0.4) is 0 Å². The van der Waals surface area contributed by atoms with E-state index in [9.17, 15) is 4.79 Å². The summed E-state index contributed by atoms with van der Waals surface area (Å²) in [6.45, 7) is 9.17. The van der Waals surface area contributed by atoms with E-state index in [4.69, 9.17) is 9.53 Å². The lowest BCUT2D eigenvalue weighted by atomic mass is 10.0. The second kappa shape index (κ2) is 4.62. The summed E-state index contributed by atoms with van der Waals surface area (Å²) in [5.41, 5.74) is -1.16. The van der Waals surface area contributed by atoms with Crippen molar-refractivity contribution in [2.75, 3.05) is 0 Å². The molecule has 1 unspecified atom stereocenters. The largest absolute Gasteiger partial charge is 0.479 e. The number of carbonyl (C=O) groups is 1. The third-order valence-electron chi connectivity index (χ3n) is 1.59. The van der Waals surface area contributed by atoms with Crippen molar-refractivity contribution in [3.63, 3.8) is 0 Å². The van der Waals surface area contributed by atoms with Gasteiger partial charge >= 0.3 is 5.97 Å². The molecule has 0 aromatic heterocycles. The Bertz CT molecular complexity index is 269. The van der Waals surface area contributed by atoms with Gasteiger partial charge in [-0.3, -0.25) is 0 Å². The lowest BCUT2D eigenvalue weighted by molar-refractivity contribution is -0.154. The van der Waals surface area contributed by atoms with E-state index in [-0.39, 0.29) is 6.42 Å². The van der Waals surface area contributed by atoms with Crippen LogP contribution in [0.4, 0.5) is 0 Å². The van der Waals surface area contributed by atoms with Crippen molar-refractivity contribution in [1.29, 1.82) is 0 Å². The number of hydrogen-bond donors (Lipinski definition) is 1. The fraction of sp³-hybridized carbons (Fsp3) is 0.700. The maximum Gasteiger partial charge on any atom is 0.335 e. The van der Waals surface area contributed by atoms with Crippen molar-refractivity contribution >= 4 is 14.3 Å². The molecule has 3 nitrogen and oxygen atoms in total. The van der Waals surface area contributed by atoms with E-state index < -0.39 is 19.9 Å². The van der Waals surface area contributed by atoms with Crippen molar-refractivity contribution in [2.45, 2.75) is 45.5 Å². The Morgan fingerprint density at radius 3 is 2.29 bits per heavy atom. The zero-order valence-corrected chi connectivity index (χ0v) is 10.5. The summed E-state index contributed by atoms with van der Waals surface area (Å²) in [6, 6.07) is 0. The third kappa shape index (κ3) is 4.45. The highest BCUT2D eigenvalue weighted by Crippen LogP contribution is 2.21. The van der Waals surface area contributed by atoms with Crippen LogP contribution in [0.2, 0.25) is 19.6 Å². The van der Waals surface area contributed by atoms with Crippen LogP contribution in [0.15, 0.2) is 0 Å². The minimum atomic E-state index is -1.85. The summed E-state index contributed by atoms with van der Waals surface area (Å²) in [5, 5.41) is 9.05. The maximum atomic E-state index is 11.0. The second-order valence-corrected chi connectivity index (χ2v) is 8.78. The molecule has 80 valence electrons. The van der Waals surface area contributed by atoms with Gasteiger partial charge in [0.2, 0.25) is 0 Å². The number of carboxylic acids is 1. The Labute approximate surface area is 86.6 Å². The first-order chi connectivity index (χ1) is 6.21. The molecule has 0 saturated carbocycles. The SMILES string of the molecule is CC#CCC(C)(O[Si](C)(C)C)C(=O)O. The molecule has 0 spiro atoms. The third-order valence-corrected chi connectivity index (χ3v) is 2.65. The molecule has 14 heavy (non-hydrogen) atoms. The minimum absolute atomic E-state index is 0.239.